The Morgan fingerprint density at radius 2 is 1.95 bits per heavy atom. The highest BCUT2D eigenvalue weighted by atomic mass is 35.5. The van der Waals surface area contributed by atoms with E-state index in [0.29, 0.717) is 18.5 Å². The fourth-order valence-electron chi connectivity index (χ4n) is 2.26. The van der Waals surface area contributed by atoms with Crippen LogP contribution in [0.4, 0.5) is 5.82 Å². The van der Waals surface area contributed by atoms with Gasteiger partial charge in [-0.15, -0.1) is 35.0 Å². The summed E-state index contributed by atoms with van der Waals surface area (Å²) in [5.41, 5.74) is 6.90. The molecule has 6 nitrogen and oxygen atoms in total. The molecule has 1 fully saturated rings. The zero-order chi connectivity index (χ0) is 13.9. The van der Waals surface area contributed by atoms with E-state index in [-0.39, 0.29) is 24.8 Å². The first-order valence-corrected chi connectivity index (χ1v) is 7.69. The van der Waals surface area contributed by atoms with Gasteiger partial charge in [0, 0.05) is 23.7 Å². The van der Waals surface area contributed by atoms with Crippen molar-refractivity contribution in [2.24, 2.45) is 5.73 Å². The summed E-state index contributed by atoms with van der Waals surface area (Å²) in [6.07, 6.45) is 4.58. The molecule has 0 atom stereocenters. The summed E-state index contributed by atoms with van der Waals surface area (Å²) < 4.78 is 0. The number of aromatic nitrogens is 4. The minimum Gasteiger partial charge on any atom is -0.363 e. The van der Waals surface area contributed by atoms with Crippen molar-refractivity contribution in [3.63, 3.8) is 0 Å². The third kappa shape index (κ3) is 4.49. The van der Waals surface area contributed by atoms with Crippen LogP contribution < -0.4 is 11.1 Å². The summed E-state index contributed by atoms with van der Waals surface area (Å²) in [5, 5.41) is 13.6. The molecular weight excluding hydrogens is 343 g/mol. The van der Waals surface area contributed by atoms with Gasteiger partial charge in [-0.25, -0.2) is 9.97 Å². The fourth-order valence-corrected chi connectivity index (χ4v) is 2.99. The number of nitrogens with one attached hydrogen (secondary N) is 1. The summed E-state index contributed by atoms with van der Waals surface area (Å²) in [4.78, 5) is 8.58. The Labute approximate surface area is 146 Å². The molecule has 0 amide bonds. The summed E-state index contributed by atoms with van der Waals surface area (Å²) in [5.74, 6) is 1.32. The van der Waals surface area contributed by atoms with Gasteiger partial charge in [-0.3, -0.25) is 0 Å². The molecule has 0 saturated heterocycles. The van der Waals surface area contributed by atoms with Crippen molar-refractivity contribution in [1.82, 2.24) is 20.2 Å². The van der Waals surface area contributed by atoms with Gasteiger partial charge in [-0.1, -0.05) is 18.3 Å². The van der Waals surface area contributed by atoms with Gasteiger partial charge >= 0.3 is 0 Å². The number of aryl methyl sites for hydroxylation is 1. The van der Waals surface area contributed by atoms with Crippen LogP contribution in [0, 0.1) is 0 Å². The van der Waals surface area contributed by atoms with Crippen LogP contribution in [-0.2, 0) is 13.0 Å². The Kier molecular flexibility index (Phi) is 7.41. The van der Waals surface area contributed by atoms with Gasteiger partial charge in [-0.2, -0.15) is 0 Å². The summed E-state index contributed by atoms with van der Waals surface area (Å²) in [7, 11) is 0. The minimum absolute atomic E-state index is 0. The van der Waals surface area contributed by atoms with Crippen molar-refractivity contribution >= 4 is 42.0 Å². The lowest BCUT2D eigenvalue weighted by atomic mass is 9.79. The van der Waals surface area contributed by atoms with Gasteiger partial charge < -0.3 is 11.1 Å². The molecule has 122 valence electrons. The molecule has 0 spiro atoms. The molecule has 0 unspecified atom stereocenters. The zero-order valence-electron chi connectivity index (χ0n) is 12.2. The smallest absolute Gasteiger partial charge is 0.136 e. The molecule has 22 heavy (non-hydrogen) atoms. The molecule has 0 radical (unpaired) electrons. The Hall–Kier alpha value is -1.02. The predicted octanol–water partition coefficient (Wildman–Crippen LogP) is 2.55. The van der Waals surface area contributed by atoms with Crippen LogP contribution in [-0.4, -0.2) is 26.2 Å². The van der Waals surface area contributed by atoms with E-state index >= 15 is 0 Å². The van der Waals surface area contributed by atoms with Gasteiger partial charge in [0.2, 0.25) is 0 Å². The van der Waals surface area contributed by atoms with Crippen molar-refractivity contribution in [2.75, 3.05) is 5.32 Å². The molecule has 9 heteroatoms. The molecule has 1 saturated carbocycles. The molecule has 1 aliphatic rings. The maximum absolute atomic E-state index is 5.82. The highest BCUT2D eigenvalue weighted by molar-refractivity contribution is 7.11. The van der Waals surface area contributed by atoms with E-state index < -0.39 is 0 Å². The third-order valence-corrected chi connectivity index (χ3v) is 4.58. The van der Waals surface area contributed by atoms with Crippen LogP contribution in [0.15, 0.2) is 12.4 Å². The fraction of sp³-hybridized carbons (Fsp3) is 0.538. The van der Waals surface area contributed by atoms with Crippen molar-refractivity contribution in [1.29, 1.82) is 0 Å². The lowest BCUT2D eigenvalue weighted by molar-refractivity contribution is 0.345. The second-order valence-corrected chi connectivity index (χ2v) is 6.20. The molecule has 0 aliphatic heterocycles. The minimum atomic E-state index is 0. The van der Waals surface area contributed by atoms with Gasteiger partial charge in [0.15, 0.2) is 0 Å². The molecule has 3 rings (SSSR count). The molecule has 1 aliphatic carbocycles. The first-order chi connectivity index (χ1) is 9.74. The van der Waals surface area contributed by atoms with Crippen LogP contribution >= 0.6 is 36.2 Å². The maximum Gasteiger partial charge on any atom is 0.136 e. The van der Waals surface area contributed by atoms with Crippen LogP contribution in [0.3, 0.4) is 0 Å². The van der Waals surface area contributed by atoms with Crippen molar-refractivity contribution in [3.05, 3.63) is 28.1 Å². The van der Waals surface area contributed by atoms with Gasteiger partial charge in [0.1, 0.15) is 22.2 Å². The number of anilines is 1. The van der Waals surface area contributed by atoms with E-state index in [9.17, 15) is 0 Å². The van der Waals surface area contributed by atoms with Crippen LogP contribution in [0.1, 0.15) is 41.4 Å². The van der Waals surface area contributed by atoms with E-state index in [4.69, 9.17) is 5.73 Å². The van der Waals surface area contributed by atoms with E-state index in [1.54, 1.807) is 17.7 Å². The number of hydrogen-bond donors (Lipinski definition) is 2. The average Bonchev–Trinajstić information content (AvgIpc) is 2.90. The van der Waals surface area contributed by atoms with Crippen LogP contribution in [0.5, 0.6) is 0 Å². The molecule has 0 aromatic carbocycles. The Morgan fingerprint density at radius 1 is 1.23 bits per heavy atom. The lowest BCUT2D eigenvalue weighted by Gasteiger charge is -2.31. The van der Waals surface area contributed by atoms with Gasteiger partial charge in [-0.05, 0) is 19.3 Å². The highest BCUT2D eigenvalue weighted by Gasteiger charge is 2.28. The van der Waals surface area contributed by atoms with E-state index in [0.717, 1.165) is 40.8 Å². The SMILES string of the molecule is CCc1nnc(CNc2cc(C3CC(N)C3)ncn2)s1.Cl.Cl. The topological polar surface area (TPSA) is 89.6 Å². The molecule has 2 aromatic heterocycles. The first kappa shape index (κ1) is 19.0. The Morgan fingerprint density at radius 3 is 2.59 bits per heavy atom. The first-order valence-electron chi connectivity index (χ1n) is 6.87. The highest BCUT2D eigenvalue weighted by Crippen LogP contribution is 2.34. The molecular formula is C13H20Cl2N6S. The molecule has 3 N–H and O–H groups in total. The lowest BCUT2D eigenvalue weighted by Crippen LogP contribution is -2.35. The number of nitrogens with zero attached hydrogens (tertiary/aromatic N) is 4. The largest absolute Gasteiger partial charge is 0.363 e. The summed E-state index contributed by atoms with van der Waals surface area (Å²) in [6, 6.07) is 2.35. The Balaban J connectivity index is 0.00000121. The zero-order valence-corrected chi connectivity index (χ0v) is 14.7. The third-order valence-electron chi connectivity index (χ3n) is 3.51. The molecule has 2 aromatic rings. The van der Waals surface area contributed by atoms with Gasteiger partial charge in [0.05, 0.1) is 6.54 Å². The predicted molar refractivity (Wildman–Crippen MR) is 93.1 cm³/mol. The van der Waals surface area contributed by atoms with Crippen LogP contribution in [0.2, 0.25) is 0 Å². The normalized spacial score (nSPS) is 19.5. The van der Waals surface area contributed by atoms with E-state index in [1.165, 1.54) is 0 Å². The van der Waals surface area contributed by atoms with Gasteiger partial charge in [0.25, 0.3) is 0 Å². The quantitative estimate of drug-likeness (QED) is 0.849. The van der Waals surface area contributed by atoms with E-state index in [1.807, 2.05) is 6.07 Å². The van der Waals surface area contributed by atoms with Crippen molar-refractivity contribution in [2.45, 2.75) is 44.7 Å². The summed E-state index contributed by atoms with van der Waals surface area (Å²) >= 11 is 1.63. The standard InChI is InChI=1S/C13H18N6S.2ClH/c1-2-12-18-19-13(20-12)6-15-11-5-10(16-7-17-11)8-3-9(14)4-8;;/h5,7-9H,2-4,6,14H2,1H3,(H,15,16,17);2*1H. The number of rotatable bonds is 5. The monoisotopic (exact) mass is 362 g/mol. The number of halogens is 2. The number of hydrogen-bond acceptors (Lipinski definition) is 7. The summed E-state index contributed by atoms with van der Waals surface area (Å²) in [6.45, 7) is 2.73. The van der Waals surface area contributed by atoms with E-state index in [2.05, 4.69) is 32.4 Å². The molecule has 2 heterocycles. The maximum atomic E-state index is 5.82. The van der Waals surface area contributed by atoms with Crippen molar-refractivity contribution < 1.29 is 0 Å². The van der Waals surface area contributed by atoms with Crippen LogP contribution in [0.25, 0.3) is 0 Å². The Bertz CT molecular complexity index is 587. The average molecular weight is 363 g/mol. The van der Waals surface area contributed by atoms with Crippen molar-refractivity contribution in [3.8, 4) is 0 Å². The number of nitrogens with two attached hydrogens (primary N) is 1. The second kappa shape index (κ2) is 8.57. The molecule has 0 bridgehead atoms. The second-order valence-electron chi connectivity index (χ2n) is 5.05.